The van der Waals surface area contributed by atoms with E-state index in [1.165, 1.54) is 42.4 Å². The largest absolute Gasteiger partial charge is 0.427 e. The molecule has 3 rings (SSSR count). The number of carbonyl (C=O) groups is 1. The Morgan fingerprint density at radius 2 is 1.57 bits per heavy atom. The van der Waals surface area contributed by atoms with Gasteiger partial charge in [0.2, 0.25) is 0 Å². The molecule has 2 aromatic carbocycles. The third-order valence-electron chi connectivity index (χ3n) is 5.76. The van der Waals surface area contributed by atoms with Gasteiger partial charge in [-0.05, 0) is 66.0 Å². The summed E-state index contributed by atoms with van der Waals surface area (Å²) < 4.78 is 5.42. The van der Waals surface area contributed by atoms with E-state index in [0.717, 1.165) is 30.7 Å². The zero-order valence-corrected chi connectivity index (χ0v) is 17.2. The van der Waals surface area contributed by atoms with Crippen LogP contribution in [0.25, 0.3) is 16.7 Å². The second kappa shape index (κ2) is 10.3. The van der Waals surface area contributed by atoms with Gasteiger partial charge in [-0.15, -0.1) is 0 Å². The SMILES string of the molecule is CCCCCC(=O)Oc1ccc(-c2ccc(C3=CCC(CC)CC3)cc2)cc1. The van der Waals surface area contributed by atoms with Crippen molar-refractivity contribution in [3.8, 4) is 16.9 Å². The fraction of sp³-hybridized carbons (Fsp3) is 0.423. The van der Waals surface area contributed by atoms with Crippen LogP contribution >= 0.6 is 0 Å². The van der Waals surface area contributed by atoms with Crippen molar-refractivity contribution in [2.45, 2.75) is 65.2 Å². The van der Waals surface area contributed by atoms with Crippen molar-refractivity contribution in [1.29, 1.82) is 0 Å². The van der Waals surface area contributed by atoms with Crippen molar-refractivity contribution in [2.24, 2.45) is 5.92 Å². The monoisotopic (exact) mass is 376 g/mol. The molecule has 1 aliphatic carbocycles. The van der Waals surface area contributed by atoms with E-state index < -0.39 is 0 Å². The maximum absolute atomic E-state index is 11.8. The van der Waals surface area contributed by atoms with E-state index in [1.54, 1.807) is 0 Å². The summed E-state index contributed by atoms with van der Waals surface area (Å²) in [5, 5.41) is 0. The third kappa shape index (κ3) is 5.58. The maximum atomic E-state index is 11.8. The van der Waals surface area contributed by atoms with E-state index >= 15 is 0 Å². The van der Waals surface area contributed by atoms with E-state index in [1.807, 2.05) is 24.3 Å². The molecule has 2 nitrogen and oxygen atoms in total. The smallest absolute Gasteiger partial charge is 0.311 e. The summed E-state index contributed by atoms with van der Waals surface area (Å²) >= 11 is 0. The highest BCUT2D eigenvalue weighted by molar-refractivity contribution is 5.73. The fourth-order valence-electron chi connectivity index (χ4n) is 3.82. The van der Waals surface area contributed by atoms with Gasteiger partial charge in [-0.3, -0.25) is 4.79 Å². The molecule has 0 bridgehead atoms. The molecule has 1 unspecified atom stereocenters. The molecule has 0 aromatic heterocycles. The molecular formula is C26H32O2. The first-order valence-electron chi connectivity index (χ1n) is 10.8. The minimum atomic E-state index is -0.142. The molecule has 0 saturated carbocycles. The summed E-state index contributed by atoms with van der Waals surface area (Å²) in [5.41, 5.74) is 5.16. The molecule has 2 heteroatoms. The average molecular weight is 377 g/mol. The van der Waals surface area contributed by atoms with Crippen LogP contribution < -0.4 is 4.74 Å². The number of allylic oxidation sites excluding steroid dienone is 2. The van der Waals surface area contributed by atoms with Gasteiger partial charge < -0.3 is 4.74 Å². The number of rotatable bonds is 8. The van der Waals surface area contributed by atoms with Crippen molar-refractivity contribution >= 4 is 11.5 Å². The highest BCUT2D eigenvalue weighted by Gasteiger charge is 2.13. The number of hydrogen-bond donors (Lipinski definition) is 0. The standard InChI is InChI=1S/C26H32O2/c1-3-5-6-7-26(27)28-25-18-16-24(17-19-25)23-14-12-22(13-15-23)21-10-8-20(4-2)9-11-21/h10,12-20H,3-9,11H2,1-2H3. The molecule has 0 spiro atoms. The lowest BCUT2D eigenvalue weighted by Gasteiger charge is -2.20. The first-order valence-corrected chi connectivity index (χ1v) is 10.8. The number of carbonyl (C=O) groups excluding carboxylic acids is 1. The molecule has 2 aromatic rings. The van der Waals surface area contributed by atoms with E-state index in [9.17, 15) is 4.79 Å². The van der Waals surface area contributed by atoms with Crippen LogP contribution in [-0.4, -0.2) is 5.97 Å². The Hall–Kier alpha value is -2.35. The predicted octanol–water partition coefficient (Wildman–Crippen LogP) is 7.43. The quantitative estimate of drug-likeness (QED) is 0.272. The second-order valence-electron chi connectivity index (χ2n) is 7.81. The Labute approximate surface area is 169 Å². The van der Waals surface area contributed by atoms with E-state index in [0.29, 0.717) is 12.2 Å². The van der Waals surface area contributed by atoms with Crippen molar-refractivity contribution in [2.75, 3.05) is 0 Å². The van der Waals surface area contributed by atoms with Crippen LogP contribution in [0.5, 0.6) is 5.75 Å². The lowest BCUT2D eigenvalue weighted by molar-refractivity contribution is -0.134. The van der Waals surface area contributed by atoms with Gasteiger partial charge in [0.05, 0.1) is 0 Å². The van der Waals surface area contributed by atoms with Gasteiger partial charge in [0, 0.05) is 6.42 Å². The van der Waals surface area contributed by atoms with Crippen LogP contribution in [0, 0.1) is 5.92 Å². The number of hydrogen-bond acceptors (Lipinski definition) is 2. The highest BCUT2D eigenvalue weighted by atomic mass is 16.5. The molecule has 0 N–H and O–H groups in total. The molecule has 1 atom stereocenters. The van der Waals surface area contributed by atoms with Crippen LogP contribution in [0.1, 0.15) is 70.8 Å². The van der Waals surface area contributed by atoms with E-state index in [4.69, 9.17) is 4.74 Å². The summed E-state index contributed by atoms with van der Waals surface area (Å²) in [6.45, 7) is 4.42. The molecule has 0 saturated heterocycles. The van der Waals surface area contributed by atoms with Crippen LogP contribution in [0.4, 0.5) is 0 Å². The van der Waals surface area contributed by atoms with Gasteiger partial charge >= 0.3 is 5.97 Å². The first kappa shape index (κ1) is 20.4. The van der Waals surface area contributed by atoms with Gasteiger partial charge in [0.15, 0.2) is 0 Å². The normalized spacial score (nSPS) is 16.5. The molecule has 0 fully saturated rings. The number of unbranched alkanes of at least 4 members (excludes halogenated alkanes) is 2. The predicted molar refractivity (Wildman–Crippen MR) is 117 cm³/mol. The van der Waals surface area contributed by atoms with Gasteiger partial charge in [0.1, 0.15) is 5.75 Å². The Morgan fingerprint density at radius 3 is 2.14 bits per heavy atom. The average Bonchev–Trinajstić information content (AvgIpc) is 2.75. The van der Waals surface area contributed by atoms with Crippen LogP contribution in [-0.2, 0) is 4.79 Å². The van der Waals surface area contributed by atoms with Crippen molar-refractivity contribution < 1.29 is 9.53 Å². The lowest BCUT2D eigenvalue weighted by atomic mass is 9.85. The molecule has 0 heterocycles. The Balaban J connectivity index is 1.60. The molecule has 0 aliphatic heterocycles. The Bertz CT molecular complexity index is 784. The van der Waals surface area contributed by atoms with Gasteiger partial charge in [-0.2, -0.15) is 0 Å². The van der Waals surface area contributed by atoms with Crippen molar-refractivity contribution in [3.63, 3.8) is 0 Å². The number of ether oxygens (including phenoxy) is 1. The second-order valence-corrected chi connectivity index (χ2v) is 7.81. The molecule has 148 valence electrons. The van der Waals surface area contributed by atoms with Gasteiger partial charge in [0.25, 0.3) is 0 Å². The first-order chi connectivity index (χ1) is 13.7. The fourth-order valence-corrected chi connectivity index (χ4v) is 3.82. The van der Waals surface area contributed by atoms with Gasteiger partial charge in [-0.1, -0.05) is 75.6 Å². The minimum Gasteiger partial charge on any atom is -0.427 e. The van der Waals surface area contributed by atoms with Crippen LogP contribution in [0.3, 0.4) is 0 Å². The minimum absolute atomic E-state index is 0.142. The van der Waals surface area contributed by atoms with Crippen molar-refractivity contribution in [1.82, 2.24) is 0 Å². The number of benzene rings is 2. The highest BCUT2D eigenvalue weighted by Crippen LogP contribution is 2.32. The van der Waals surface area contributed by atoms with Gasteiger partial charge in [-0.25, -0.2) is 0 Å². The molecule has 1 aliphatic rings. The molecular weight excluding hydrogens is 344 g/mol. The lowest BCUT2D eigenvalue weighted by Crippen LogP contribution is -2.07. The van der Waals surface area contributed by atoms with E-state index in [2.05, 4.69) is 44.2 Å². The molecule has 0 amide bonds. The maximum Gasteiger partial charge on any atom is 0.311 e. The van der Waals surface area contributed by atoms with Crippen LogP contribution in [0.15, 0.2) is 54.6 Å². The Kier molecular flexibility index (Phi) is 7.47. The third-order valence-corrected chi connectivity index (χ3v) is 5.76. The molecule has 28 heavy (non-hydrogen) atoms. The summed E-state index contributed by atoms with van der Waals surface area (Å²) in [6, 6.07) is 16.7. The van der Waals surface area contributed by atoms with Crippen molar-refractivity contribution in [3.05, 3.63) is 60.2 Å². The summed E-state index contributed by atoms with van der Waals surface area (Å²) in [4.78, 5) is 11.8. The summed E-state index contributed by atoms with van der Waals surface area (Å²) in [5.74, 6) is 1.35. The topological polar surface area (TPSA) is 26.3 Å². The zero-order chi connectivity index (χ0) is 19.8. The Morgan fingerprint density at radius 1 is 0.929 bits per heavy atom. The number of esters is 1. The van der Waals surface area contributed by atoms with Crippen LogP contribution in [0.2, 0.25) is 0 Å². The summed E-state index contributed by atoms with van der Waals surface area (Å²) in [6.07, 6.45) is 11.0. The molecule has 0 radical (unpaired) electrons. The summed E-state index contributed by atoms with van der Waals surface area (Å²) in [7, 11) is 0. The zero-order valence-electron chi connectivity index (χ0n) is 17.2. The van der Waals surface area contributed by atoms with E-state index in [-0.39, 0.29) is 5.97 Å².